The summed E-state index contributed by atoms with van der Waals surface area (Å²) in [6.07, 6.45) is 0. The Hall–Kier alpha value is -1.71. The molecule has 1 heterocycles. The van der Waals surface area contributed by atoms with Crippen LogP contribution in [0.2, 0.25) is 5.02 Å². The fourth-order valence-corrected chi connectivity index (χ4v) is 2.61. The van der Waals surface area contributed by atoms with Crippen molar-refractivity contribution in [2.75, 3.05) is 18.1 Å². The lowest BCUT2D eigenvalue weighted by Crippen LogP contribution is -2.32. The molecular weight excluding hydrogens is 274 g/mol. The molecule has 3 rings (SSSR count). The normalized spacial score (nSPS) is 13.8. The number of aliphatic hydroxyl groups is 1. The number of halogens is 1. The van der Waals surface area contributed by atoms with Crippen molar-refractivity contribution in [1.29, 1.82) is 0 Å². The van der Waals surface area contributed by atoms with Gasteiger partial charge in [0.05, 0.1) is 18.8 Å². The minimum Gasteiger partial charge on any atom is -0.490 e. The molecule has 0 bridgehead atoms. The molecule has 0 saturated carbocycles. The highest BCUT2D eigenvalue weighted by Gasteiger charge is 2.19. The van der Waals surface area contributed by atoms with Gasteiger partial charge in [-0.1, -0.05) is 35.9 Å². The third-order valence-electron chi connectivity index (χ3n) is 3.49. The molecule has 0 atom stereocenters. The maximum Gasteiger partial charge on any atom is 0.143 e. The lowest BCUT2D eigenvalue weighted by molar-refractivity contribution is 0.278. The van der Waals surface area contributed by atoms with Crippen LogP contribution in [0.1, 0.15) is 11.1 Å². The lowest BCUT2D eigenvalue weighted by atomic mass is 10.1. The molecule has 20 heavy (non-hydrogen) atoms. The Labute approximate surface area is 123 Å². The van der Waals surface area contributed by atoms with Gasteiger partial charge in [0.25, 0.3) is 0 Å². The standard InChI is InChI=1S/C16H16ClNO2/c17-14-4-2-1-3-13(14)10-18-7-8-20-16-9-12(11-19)5-6-15(16)18/h1-6,9,19H,7-8,10-11H2. The molecule has 3 nitrogen and oxygen atoms in total. The molecular formula is C16H16ClNO2. The van der Waals surface area contributed by atoms with Crippen molar-refractivity contribution in [3.63, 3.8) is 0 Å². The third kappa shape index (κ3) is 2.60. The van der Waals surface area contributed by atoms with E-state index < -0.39 is 0 Å². The summed E-state index contributed by atoms with van der Waals surface area (Å²) in [6.45, 7) is 2.26. The van der Waals surface area contributed by atoms with Crippen LogP contribution in [0.15, 0.2) is 42.5 Å². The Kier molecular flexibility index (Phi) is 3.81. The zero-order valence-electron chi connectivity index (χ0n) is 11.1. The summed E-state index contributed by atoms with van der Waals surface area (Å²) < 4.78 is 5.68. The first kappa shape index (κ1) is 13.3. The minimum atomic E-state index is 0.0289. The number of ether oxygens (including phenoxy) is 1. The van der Waals surface area contributed by atoms with Crippen molar-refractivity contribution in [2.45, 2.75) is 13.2 Å². The Morgan fingerprint density at radius 3 is 2.85 bits per heavy atom. The van der Waals surface area contributed by atoms with Crippen LogP contribution in [-0.2, 0) is 13.2 Å². The molecule has 2 aromatic rings. The van der Waals surface area contributed by atoms with Crippen LogP contribution in [0.3, 0.4) is 0 Å². The van der Waals surface area contributed by atoms with Crippen molar-refractivity contribution in [3.05, 3.63) is 58.6 Å². The Balaban J connectivity index is 1.88. The van der Waals surface area contributed by atoms with E-state index in [1.54, 1.807) is 0 Å². The molecule has 0 saturated heterocycles. The van der Waals surface area contributed by atoms with Gasteiger partial charge in [-0.25, -0.2) is 0 Å². The predicted molar refractivity (Wildman–Crippen MR) is 80.4 cm³/mol. The van der Waals surface area contributed by atoms with Gasteiger partial charge in [-0.15, -0.1) is 0 Å². The summed E-state index contributed by atoms with van der Waals surface area (Å²) in [7, 11) is 0. The number of nitrogens with zero attached hydrogens (tertiary/aromatic N) is 1. The van der Waals surface area contributed by atoms with Crippen molar-refractivity contribution in [1.82, 2.24) is 0 Å². The molecule has 1 aliphatic heterocycles. The minimum absolute atomic E-state index is 0.0289. The van der Waals surface area contributed by atoms with Gasteiger partial charge in [0.2, 0.25) is 0 Å². The van der Waals surface area contributed by atoms with Crippen LogP contribution in [0.25, 0.3) is 0 Å². The first-order valence-corrected chi connectivity index (χ1v) is 7.00. The highest BCUT2D eigenvalue weighted by atomic mass is 35.5. The summed E-state index contributed by atoms with van der Waals surface area (Å²) in [4.78, 5) is 2.25. The smallest absolute Gasteiger partial charge is 0.143 e. The van der Waals surface area contributed by atoms with Crippen LogP contribution in [0.5, 0.6) is 5.75 Å². The summed E-state index contributed by atoms with van der Waals surface area (Å²) in [6, 6.07) is 13.7. The average molecular weight is 290 g/mol. The SMILES string of the molecule is OCc1ccc2c(c1)OCCN2Cc1ccccc1Cl. The molecule has 104 valence electrons. The van der Waals surface area contributed by atoms with Gasteiger partial charge in [0.1, 0.15) is 12.4 Å². The number of hydrogen-bond donors (Lipinski definition) is 1. The zero-order valence-corrected chi connectivity index (χ0v) is 11.8. The van der Waals surface area contributed by atoms with Gasteiger partial charge in [-0.05, 0) is 29.3 Å². The van der Waals surface area contributed by atoms with E-state index in [1.165, 1.54) is 0 Å². The van der Waals surface area contributed by atoms with E-state index >= 15 is 0 Å². The van der Waals surface area contributed by atoms with E-state index in [4.69, 9.17) is 16.3 Å². The predicted octanol–water partition coefficient (Wildman–Crippen LogP) is 3.23. The number of fused-ring (bicyclic) bond motifs is 1. The average Bonchev–Trinajstić information content (AvgIpc) is 2.49. The topological polar surface area (TPSA) is 32.7 Å². The van der Waals surface area contributed by atoms with Gasteiger partial charge < -0.3 is 14.7 Å². The second-order valence-corrected chi connectivity index (χ2v) is 5.23. The Bertz CT molecular complexity index is 615. The first-order valence-electron chi connectivity index (χ1n) is 6.63. The molecule has 0 fully saturated rings. The van der Waals surface area contributed by atoms with Crippen LogP contribution in [-0.4, -0.2) is 18.3 Å². The van der Waals surface area contributed by atoms with Crippen molar-refractivity contribution in [3.8, 4) is 5.75 Å². The van der Waals surface area contributed by atoms with Gasteiger partial charge in [-0.2, -0.15) is 0 Å². The second-order valence-electron chi connectivity index (χ2n) is 4.82. The molecule has 0 amide bonds. The summed E-state index contributed by atoms with van der Waals surface area (Å²) >= 11 is 6.23. The Morgan fingerprint density at radius 1 is 1.20 bits per heavy atom. The van der Waals surface area contributed by atoms with E-state index in [0.29, 0.717) is 6.61 Å². The van der Waals surface area contributed by atoms with E-state index in [2.05, 4.69) is 4.90 Å². The summed E-state index contributed by atoms with van der Waals surface area (Å²) in [5, 5.41) is 9.97. The Morgan fingerprint density at radius 2 is 2.05 bits per heavy atom. The number of aliphatic hydroxyl groups excluding tert-OH is 1. The fraction of sp³-hybridized carbons (Fsp3) is 0.250. The van der Waals surface area contributed by atoms with Crippen molar-refractivity contribution >= 4 is 17.3 Å². The van der Waals surface area contributed by atoms with Gasteiger partial charge >= 0.3 is 0 Å². The molecule has 1 aliphatic rings. The van der Waals surface area contributed by atoms with E-state index in [-0.39, 0.29) is 6.61 Å². The third-order valence-corrected chi connectivity index (χ3v) is 3.85. The monoisotopic (exact) mass is 289 g/mol. The quantitative estimate of drug-likeness (QED) is 0.942. The van der Waals surface area contributed by atoms with Gasteiger partial charge in [0, 0.05) is 11.6 Å². The molecule has 4 heteroatoms. The van der Waals surface area contributed by atoms with Crippen molar-refractivity contribution in [2.24, 2.45) is 0 Å². The molecule has 2 aromatic carbocycles. The maximum atomic E-state index is 9.19. The van der Waals surface area contributed by atoms with E-state index in [0.717, 1.165) is 40.7 Å². The molecule has 0 radical (unpaired) electrons. The van der Waals surface area contributed by atoms with E-state index in [1.807, 2.05) is 42.5 Å². The maximum absolute atomic E-state index is 9.19. The second kappa shape index (κ2) is 5.73. The summed E-state index contributed by atoms with van der Waals surface area (Å²) in [5.74, 6) is 0.829. The zero-order chi connectivity index (χ0) is 13.9. The molecule has 0 aromatic heterocycles. The van der Waals surface area contributed by atoms with Crippen LogP contribution in [0.4, 0.5) is 5.69 Å². The number of hydrogen-bond acceptors (Lipinski definition) is 3. The van der Waals surface area contributed by atoms with E-state index in [9.17, 15) is 5.11 Å². The highest BCUT2D eigenvalue weighted by molar-refractivity contribution is 6.31. The number of benzene rings is 2. The van der Waals surface area contributed by atoms with Gasteiger partial charge in [-0.3, -0.25) is 0 Å². The number of anilines is 1. The van der Waals surface area contributed by atoms with Crippen LogP contribution < -0.4 is 9.64 Å². The van der Waals surface area contributed by atoms with Crippen LogP contribution in [0, 0.1) is 0 Å². The lowest BCUT2D eigenvalue weighted by Gasteiger charge is -2.31. The first-order chi connectivity index (χ1) is 9.78. The molecule has 0 aliphatic carbocycles. The summed E-state index contributed by atoms with van der Waals surface area (Å²) in [5.41, 5.74) is 3.02. The molecule has 0 spiro atoms. The van der Waals surface area contributed by atoms with Crippen molar-refractivity contribution < 1.29 is 9.84 Å². The van der Waals surface area contributed by atoms with Gasteiger partial charge in [0.15, 0.2) is 0 Å². The number of rotatable bonds is 3. The van der Waals surface area contributed by atoms with Crippen LogP contribution >= 0.6 is 11.6 Å². The molecule has 1 N–H and O–H groups in total. The highest BCUT2D eigenvalue weighted by Crippen LogP contribution is 2.34. The molecule has 0 unspecified atom stereocenters. The fourth-order valence-electron chi connectivity index (χ4n) is 2.42. The largest absolute Gasteiger partial charge is 0.490 e.